The van der Waals surface area contributed by atoms with Crippen molar-refractivity contribution in [3.8, 4) is 0 Å². The molecule has 2 aliphatic rings. The predicted octanol–water partition coefficient (Wildman–Crippen LogP) is 0.691. The molecular weight excluding hydrogens is 543 g/mol. The number of halogens is 3. The summed E-state index contributed by atoms with van der Waals surface area (Å²) in [4.78, 5) is 59.0. The number of aromatic nitrogens is 1. The van der Waals surface area contributed by atoms with Gasteiger partial charge in [0, 0.05) is 41.1 Å². The minimum Gasteiger partial charge on any atom is -0.479 e. The summed E-state index contributed by atoms with van der Waals surface area (Å²) in [7, 11) is 0. The number of thiazole rings is 1. The maximum absolute atomic E-state index is 12.7. The largest absolute Gasteiger partial charge is 0.490 e. The average Bonchev–Trinajstić information content (AvgIpc) is 3.26. The van der Waals surface area contributed by atoms with Crippen LogP contribution in [0.15, 0.2) is 18.2 Å². The fourth-order valence-electron chi connectivity index (χ4n) is 3.62. The number of nitrogens with zero attached hydrogens (tertiary/aromatic N) is 1. The molecule has 2 aromatic rings. The Morgan fingerprint density at radius 2 is 1.87 bits per heavy atom. The number of carbonyl (C=O) groups is 4. The minimum atomic E-state index is -5.08. The molecule has 0 saturated heterocycles. The Labute approximate surface area is 214 Å². The van der Waals surface area contributed by atoms with Crippen molar-refractivity contribution < 1.29 is 62.6 Å². The van der Waals surface area contributed by atoms with Crippen molar-refractivity contribution in [1.82, 2.24) is 15.6 Å². The van der Waals surface area contributed by atoms with E-state index in [1.165, 1.54) is 36.5 Å². The first-order chi connectivity index (χ1) is 17.6. The summed E-state index contributed by atoms with van der Waals surface area (Å²) in [6.45, 7) is 1.83. The maximum Gasteiger partial charge on any atom is 0.490 e. The zero-order valence-corrected chi connectivity index (χ0v) is 20.1. The van der Waals surface area contributed by atoms with Crippen molar-refractivity contribution in [2.24, 2.45) is 0 Å². The van der Waals surface area contributed by atoms with Crippen LogP contribution in [0.2, 0.25) is 0 Å². The average molecular weight is 563 g/mol. The van der Waals surface area contributed by atoms with E-state index < -0.39 is 47.9 Å². The number of alkyl halides is 3. The molecule has 1 aliphatic heterocycles. The molecule has 6 N–H and O–H groups in total. The smallest absolute Gasteiger partial charge is 0.479 e. The fourth-order valence-corrected chi connectivity index (χ4v) is 4.60. The summed E-state index contributed by atoms with van der Waals surface area (Å²) in [5.41, 5.74) is -2.82. The number of nitrogens with one attached hydrogen (secondary N) is 2. The van der Waals surface area contributed by atoms with Crippen LogP contribution in [0.25, 0.3) is 0 Å². The molecule has 0 radical (unpaired) electrons. The van der Waals surface area contributed by atoms with Gasteiger partial charge in [-0.3, -0.25) is 4.79 Å². The van der Waals surface area contributed by atoms with Crippen LogP contribution in [0.5, 0.6) is 0 Å². The molecule has 17 heteroatoms. The highest BCUT2D eigenvalue weighted by molar-refractivity contribution is 7.13. The van der Waals surface area contributed by atoms with Gasteiger partial charge in [0.15, 0.2) is 17.3 Å². The van der Waals surface area contributed by atoms with Gasteiger partial charge in [-0.15, -0.1) is 11.3 Å². The van der Waals surface area contributed by atoms with Gasteiger partial charge < -0.3 is 31.1 Å². The number of carboxylic acid groups (broad SMARTS) is 3. The summed E-state index contributed by atoms with van der Waals surface area (Å²) in [6, 6.07) is 4.39. The van der Waals surface area contributed by atoms with Gasteiger partial charge in [0.2, 0.25) is 0 Å². The van der Waals surface area contributed by atoms with E-state index in [1.54, 1.807) is 0 Å². The lowest BCUT2D eigenvalue weighted by atomic mass is 10.0. The van der Waals surface area contributed by atoms with Crippen LogP contribution in [0.1, 0.15) is 44.0 Å². The molecule has 1 aromatic heterocycles. The lowest BCUT2D eigenvalue weighted by Crippen LogP contribution is -2.44. The summed E-state index contributed by atoms with van der Waals surface area (Å²) in [6.07, 6.45) is -4.38. The Bertz CT molecular complexity index is 1260. The highest BCUT2D eigenvalue weighted by Crippen LogP contribution is 2.55. The van der Waals surface area contributed by atoms with E-state index in [0.29, 0.717) is 13.0 Å². The number of hydrogen-bond donors (Lipinski definition) is 6. The van der Waals surface area contributed by atoms with E-state index in [1.807, 2.05) is 0 Å². The van der Waals surface area contributed by atoms with Gasteiger partial charge in [-0.25, -0.2) is 29.1 Å². The number of benzene rings is 1. The van der Waals surface area contributed by atoms with Gasteiger partial charge >= 0.3 is 24.1 Å². The maximum atomic E-state index is 12.7. The number of carboxylic acids is 3. The van der Waals surface area contributed by atoms with Gasteiger partial charge in [-0.2, -0.15) is 13.2 Å². The first-order valence-electron chi connectivity index (χ1n) is 10.6. The zero-order chi connectivity index (χ0) is 28.5. The van der Waals surface area contributed by atoms with E-state index in [-0.39, 0.29) is 21.7 Å². The van der Waals surface area contributed by atoms with Crippen LogP contribution < -0.4 is 10.6 Å². The second-order valence-electron chi connectivity index (χ2n) is 8.10. The Kier molecular flexibility index (Phi) is 8.08. The van der Waals surface area contributed by atoms with Crippen molar-refractivity contribution in [3.63, 3.8) is 0 Å². The van der Waals surface area contributed by atoms with Crippen LogP contribution >= 0.6 is 11.3 Å². The van der Waals surface area contributed by atoms with Gasteiger partial charge in [0.25, 0.3) is 11.5 Å². The molecule has 1 amide bonds. The molecule has 13 nitrogen and oxygen atoms in total. The van der Waals surface area contributed by atoms with E-state index in [4.69, 9.17) is 19.9 Å². The molecule has 4 rings (SSSR count). The van der Waals surface area contributed by atoms with E-state index in [9.17, 15) is 37.8 Å². The molecule has 2 heterocycles. The Balaban J connectivity index is 0.000000505. The summed E-state index contributed by atoms with van der Waals surface area (Å²) in [5.74, 6) is -6.15. The number of fused-ring (bicyclic) bond motifs is 2. The third-order valence-electron chi connectivity index (χ3n) is 5.32. The highest BCUT2D eigenvalue weighted by Gasteiger charge is 2.63. The molecule has 0 spiro atoms. The number of aliphatic carboxylic acids is 3. The van der Waals surface area contributed by atoms with E-state index in [0.717, 1.165) is 17.1 Å². The normalized spacial score (nSPS) is 19.1. The Morgan fingerprint density at radius 1 is 1.21 bits per heavy atom. The number of aliphatic hydroxyl groups is 1. The number of rotatable bonds is 8. The monoisotopic (exact) mass is 563 g/mol. The molecule has 206 valence electrons. The molecule has 2 unspecified atom stereocenters. The summed E-state index contributed by atoms with van der Waals surface area (Å²) < 4.78 is 31.7. The molecule has 0 saturated carbocycles. The van der Waals surface area contributed by atoms with Crippen LogP contribution in [-0.4, -0.2) is 68.6 Å². The number of carbonyl (C=O) groups excluding carboxylic acids is 1. The van der Waals surface area contributed by atoms with E-state index in [2.05, 4.69) is 20.5 Å². The van der Waals surface area contributed by atoms with Crippen LogP contribution in [0, 0.1) is 0 Å². The molecule has 1 aromatic carbocycles. The van der Waals surface area contributed by atoms with Crippen molar-refractivity contribution in [2.45, 2.75) is 37.4 Å². The third kappa shape index (κ3) is 5.91. The first kappa shape index (κ1) is 28.9. The molecule has 38 heavy (non-hydrogen) atoms. The van der Waals surface area contributed by atoms with Gasteiger partial charge in [-0.1, -0.05) is 18.2 Å². The van der Waals surface area contributed by atoms with E-state index >= 15 is 0 Å². The predicted molar refractivity (Wildman–Crippen MR) is 118 cm³/mol. The minimum absolute atomic E-state index is 0.0841. The van der Waals surface area contributed by atoms with Gasteiger partial charge in [0.05, 0.1) is 5.69 Å². The summed E-state index contributed by atoms with van der Waals surface area (Å²) >= 11 is 1.22. The highest BCUT2D eigenvalue weighted by atomic mass is 32.1. The molecular formula is C21H20F3N3O10S. The van der Waals surface area contributed by atoms with Gasteiger partial charge in [-0.05, 0) is 6.92 Å². The lowest BCUT2D eigenvalue weighted by molar-refractivity contribution is -0.333. The van der Waals surface area contributed by atoms with Crippen molar-refractivity contribution in [2.75, 3.05) is 13.2 Å². The van der Waals surface area contributed by atoms with Crippen molar-refractivity contribution in [1.29, 1.82) is 0 Å². The first-order valence-corrected chi connectivity index (χ1v) is 11.4. The van der Waals surface area contributed by atoms with Crippen molar-refractivity contribution >= 4 is 35.2 Å². The molecule has 0 bridgehead atoms. The summed E-state index contributed by atoms with van der Waals surface area (Å²) in [5, 5.41) is 42.4. The molecule has 0 fully saturated rings. The van der Waals surface area contributed by atoms with Crippen LogP contribution in [0.3, 0.4) is 0 Å². The van der Waals surface area contributed by atoms with Crippen LogP contribution in [-0.2, 0) is 48.5 Å². The zero-order valence-electron chi connectivity index (χ0n) is 19.3. The fraction of sp³-hybridized carbons (Fsp3) is 0.381. The number of hydrogen-bond acceptors (Lipinski definition) is 10. The van der Waals surface area contributed by atoms with Crippen LogP contribution in [0.4, 0.5) is 13.2 Å². The number of amides is 1. The standard InChI is InChI=1S/C19H19N3O8S.C2HF3O2/c1-18(28,22-15(25)16-21-11-5-6-20-7-12(11)31-16)9-3-2-4-10-14(9)19(10,17(26)27)30-29-8-13(23)24;3-2(4,5)1(6)7/h2-4,20,28H,5-8H2,1H3,(H,22,25)(H,23,24)(H,26,27);(H,6,7). The van der Waals surface area contributed by atoms with Gasteiger partial charge in [0.1, 0.15) is 0 Å². The SMILES string of the molecule is CC(O)(NC(=O)c1nc2c(s1)CNCC2)c1cccc2c1C2(OOCC(=O)O)C(=O)O.O=C(O)C(F)(F)F. The third-order valence-corrected chi connectivity index (χ3v) is 6.42. The lowest BCUT2D eigenvalue weighted by Gasteiger charge is -2.25. The second-order valence-corrected chi connectivity index (χ2v) is 9.18. The topological polar surface area (TPSA) is 205 Å². The Hall–Kier alpha value is -3.64. The Morgan fingerprint density at radius 3 is 2.42 bits per heavy atom. The molecule has 2 atom stereocenters. The van der Waals surface area contributed by atoms with Crippen molar-refractivity contribution in [3.05, 3.63) is 50.5 Å². The molecule has 1 aliphatic carbocycles. The second kappa shape index (κ2) is 10.6. The quantitative estimate of drug-likeness (QED) is 0.149.